The Bertz CT molecular complexity index is 72.1. The van der Waals surface area contributed by atoms with Crippen LogP contribution >= 0.6 is 0 Å². The molecule has 0 nitrogen and oxygen atoms in total. The molecule has 0 saturated heterocycles. The zero-order valence-electron chi connectivity index (χ0n) is 8.15. The monoisotopic (exact) mass is 142 g/mol. The summed E-state index contributed by atoms with van der Waals surface area (Å²) in [6, 6.07) is 0. The summed E-state index contributed by atoms with van der Waals surface area (Å²) in [7, 11) is 0. The largest absolute Gasteiger partial charge is 0.0628 e. The lowest BCUT2D eigenvalue weighted by atomic mass is 9.91. The number of hydrogen-bond acceptors (Lipinski definition) is 0. The molecular formula is C10H22. The van der Waals surface area contributed by atoms with Gasteiger partial charge in [0.1, 0.15) is 0 Å². The summed E-state index contributed by atoms with van der Waals surface area (Å²) in [6.07, 6.45) is 2.79. The van der Waals surface area contributed by atoms with E-state index in [9.17, 15) is 0 Å². The third-order valence-corrected chi connectivity index (χ3v) is 2.34. The molecule has 0 bridgehead atoms. The van der Waals surface area contributed by atoms with Crippen LogP contribution in [0.5, 0.6) is 0 Å². The lowest BCUT2D eigenvalue weighted by molar-refractivity contribution is 0.358. The van der Waals surface area contributed by atoms with Gasteiger partial charge in [-0.25, -0.2) is 0 Å². The second-order valence-corrected chi connectivity index (χ2v) is 4.19. The van der Waals surface area contributed by atoms with Crippen molar-refractivity contribution in [3.8, 4) is 0 Å². The molecule has 0 radical (unpaired) electrons. The molecule has 0 aliphatic heterocycles. The first-order valence-corrected chi connectivity index (χ1v) is 4.54. The summed E-state index contributed by atoms with van der Waals surface area (Å²) < 4.78 is 0. The maximum atomic E-state index is 2.35. The molecule has 10 heavy (non-hydrogen) atoms. The SMILES string of the molecule is CC(C)CC[C@@H](C)C(C)C. The van der Waals surface area contributed by atoms with Crippen LogP contribution in [0, 0.1) is 17.8 Å². The lowest BCUT2D eigenvalue weighted by Crippen LogP contribution is -2.04. The highest BCUT2D eigenvalue weighted by molar-refractivity contribution is 4.58. The van der Waals surface area contributed by atoms with Crippen LogP contribution in [0.2, 0.25) is 0 Å². The van der Waals surface area contributed by atoms with Crippen molar-refractivity contribution < 1.29 is 0 Å². The molecule has 0 rings (SSSR count). The van der Waals surface area contributed by atoms with E-state index in [4.69, 9.17) is 0 Å². The maximum Gasteiger partial charge on any atom is -0.0420 e. The smallest absolute Gasteiger partial charge is 0.0420 e. The van der Waals surface area contributed by atoms with Gasteiger partial charge >= 0.3 is 0 Å². The van der Waals surface area contributed by atoms with E-state index < -0.39 is 0 Å². The summed E-state index contributed by atoms with van der Waals surface area (Å²) in [6.45, 7) is 11.6. The van der Waals surface area contributed by atoms with Crippen molar-refractivity contribution in [2.75, 3.05) is 0 Å². The lowest BCUT2D eigenvalue weighted by Gasteiger charge is -2.15. The van der Waals surface area contributed by atoms with Crippen molar-refractivity contribution in [1.82, 2.24) is 0 Å². The van der Waals surface area contributed by atoms with Crippen LogP contribution in [-0.4, -0.2) is 0 Å². The molecule has 0 fully saturated rings. The third kappa shape index (κ3) is 4.84. The van der Waals surface area contributed by atoms with E-state index >= 15 is 0 Å². The van der Waals surface area contributed by atoms with E-state index in [2.05, 4.69) is 34.6 Å². The van der Waals surface area contributed by atoms with Gasteiger partial charge in [-0.3, -0.25) is 0 Å². The number of hydrogen-bond donors (Lipinski definition) is 0. The van der Waals surface area contributed by atoms with Gasteiger partial charge in [0.15, 0.2) is 0 Å². The molecule has 1 atom stereocenters. The van der Waals surface area contributed by atoms with Crippen molar-refractivity contribution in [3.63, 3.8) is 0 Å². The Labute approximate surface area is 66.0 Å². The van der Waals surface area contributed by atoms with Gasteiger partial charge in [0.05, 0.1) is 0 Å². The molecular weight excluding hydrogens is 120 g/mol. The molecule has 0 amide bonds. The molecule has 62 valence electrons. The van der Waals surface area contributed by atoms with Crippen molar-refractivity contribution >= 4 is 0 Å². The minimum absolute atomic E-state index is 0.860. The van der Waals surface area contributed by atoms with Gasteiger partial charge in [0, 0.05) is 0 Å². The number of rotatable bonds is 4. The first-order chi connectivity index (χ1) is 4.54. The third-order valence-electron chi connectivity index (χ3n) is 2.34. The summed E-state index contributed by atoms with van der Waals surface area (Å²) in [5, 5.41) is 0. The molecule has 0 aromatic rings. The van der Waals surface area contributed by atoms with E-state index in [1.165, 1.54) is 12.8 Å². The first-order valence-electron chi connectivity index (χ1n) is 4.54. The van der Waals surface area contributed by atoms with Gasteiger partial charge in [0.25, 0.3) is 0 Å². The normalized spacial score (nSPS) is 14.7. The molecule has 0 aliphatic rings. The van der Waals surface area contributed by atoms with Gasteiger partial charge < -0.3 is 0 Å². The summed E-state index contributed by atoms with van der Waals surface area (Å²) in [5.74, 6) is 2.64. The topological polar surface area (TPSA) is 0 Å². The van der Waals surface area contributed by atoms with Crippen LogP contribution in [0.25, 0.3) is 0 Å². The predicted octanol–water partition coefficient (Wildman–Crippen LogP) is 3.71. The standard InChI is InChI=1S/C10H22/c1-8(2)6-7-10(5)9(3)4/h8-10H,6-7H2,1-5H3/t10-/m1/s1. The quantitative estimate of drug-likeness (QED) is 0.561. The van der Waals surface area contributed by atoms with Gasteiger partial charge in [0.2, 0.25) is 0 Å². The minimum Gasteiger partial charge on any atom is -0.0628 e. The average Bonchev–Trinajstić information content (AvgIpc) is 1.82. The summed E-state index contributed by atoms with van der Waals surface area (Å²) >= 11 is 0. The fourth-order valence-electron chi connectivity index (χ4n) is 0.930. The molecule has 0 unspecified atom stereocenters. The van der Waals surface area contributed by atoms with Crippen molar-refractivity contribution in [2.45, 2.75) is 47.5 Å². The van der Waals surface area contributed by atoms with E-state index in [1.807, 2.05) is 0 Å². The fourth-order valence-corrected chi connectivity index (χ4v) is 0.930. The zero-order valence-corrected chi connectivity index (χ0v) is 8.15. The Hall–Kier alpha value is 0. The second kappa shape index (κ2) is 4.76. The van der Waals surface area contributed by atoms with Crippen molar-refractivity contribution in [2.24, 2.45) is 17.8 Å². The van der Waals surface area contributed by atoms with Crippen LogP contribution in [0.1, 0.15) is 47.5 Å². The summed E-state index contributed by atoms with van der Waals surface area (Å²) in [5.41, 5.74) is 0. The molecule has 0 aromatic heterocycles. The van der Waals surface area contributed by atoms with Crippen LogP contribution in [-0.2, 0) is 0 Å². The second-order valence-electron chi connectivity index (χ2n) is 4.19. The highest BCUT2D eigenvalue weighted by atomic mass is 14.1. The van der Waals surface area contributed by atoms with E-state index in [-0.39, 0.29) is 0 Å². The molecule has 0 N–H and O–H groups in total. The first kappa shape index (κ1) is 10.0. The molecule has 0 spiro atoms. The molecule has 0 heteroatoms. The highest BCUT2D eigenvalue weighted by Gasteiger charge is 2.06. The van der Waals surface area contributed by atoms with E-state index in [1.54, 1.807) is 0 Å². The molecule has 0 aliphatic carbocycles. The van der Waals surface area contributed by atoms with Crippen molar-refractivity contribution in [1.29, 1.82) is 0 Å². The Morgan fingerprint density at radius 3 is 1.60 bits per heavy atom. The zero-order chi connectivity index (χ0) is 8.15. The highest BCUT2D eigenvalue weighted by Crippen LogP contribution is 2.18. The van der Waals surface area contributed by atoms with Crippen LogP contribution < -0.4 is 0 Å². The van der Waals surface area contributed by atoms with Gasteiger partial charge in [-0.1, -0.05) is 47.5 Å². The minimum atomic E-state index is 0.860. The van der Waals surface area contributed by atoms with Crippen LogP contribution in [0.3, 0.4) is 0 Å². The summed E-state index contributed by atoms with van der Waals surface area (Å²) in [4.78, 5) is 0. The molecule has 0 aromatic carbocycles. The predicted molar refractivity (Wildman–Crippen MR) is 48.1 cm³/mol. The molecule has 0 heterocycles. The van der Waals surface area contributed by atoms with Gasteiger partial charge in [-0.15, -0.1) is 0 Å². The van der Waals surface area contributed by atoms with Crippen molar-refractivity contribution in [3.05, 3.63) is 0 Å². The average molecular weight is 142 g/mol. The maximum absolute atomic E-state index is 2.35. The van der Waals surface area contributed by atoms with E-state index in [0.29, 0.717) is 0 Å². The van der Waals surface area contributed by atoms with Crippen LogP contribution in [0.15, 0.2) is 0 Å². The van der Waals surface area contributed by atoms with Gasteiger partial charge in [-0.2, -0.15) is 0 Å². The Kier molecular flexibility index (Phi) is 4.76. The van der Waals surface area contributed by atoms with Gasteiger partial charge in [-0.05, 0) is 17.8 Å². The van der Waals surface area contributed by atoms with Crippen LogP contribution in [0.4, 0.5) is 0 Å². The Balaban J connectivity index is 3.30. The fraction of sp³-hybridized carbons (Fsp3) is 1.00. The Morgan fingerprint density at radius 1 is 0.800 bits per heavy atom. The van der Waals surface area contributed by atoms with E-state index in [0.717, 1.165) is 17.8 Å². The molecule has 0 saturated carbocycles. The Morgan fingerprint density at radius 2 is 1.30 bits per heavy atom.